The van der Waals surface area contributed by atoms with Crippen molar-refractivity contribution in [2.45, 2.75) is 13.2 Å². The molecule has 148 valence electrons. The molecule has 0 bridgehead atoms. The summed E-state index contributed by atoms with van der Waals surface area (Å²) in [5, 5.41) is 0. The van der Waals surface area contributed by atoms with E-state index in [1.807, 2.05) is 72.8 Å². The Morgan fingerprint density at radius 3 is 1.40 bits per heavy atom. The molecular weight excluding hydrogens is 368 g/mol. The third-order valence-corrected chi connectivity index (χ3v) is 4.67. The van der Waals surface area contributed by atoms with Crippen molar-refractivity contribution in [3.63, 3.8) is 0 Å². The maximum absolute atomic E-state index is 6.06. The van der Waals surface area contributed by atoms with E-state index >= 15 is 0 Å². The maximum atomic E-state index is 6.06. The number of ether oxygens (including phenoxy) is 2. The first-order chi connectivity index (χ1) is 14.8. The first-order valence-corrected chi connectivity index (χ1v) is 10.1. The lowest BCUT2D eigenvalue weighted by Gasteiger charge is -2.12. The Morgan fingerprint density at radius 2 is 0.900 bits per heavy atom. The lowest BCUT2D eigenvalue weighted by Crippen LogP contribution is -1.98. The van der Waals surface area contributed by atoms with Crippen LogP contribution < -0.4 is 9.47 Å². The predicted octanol–water partition coefficient (Wildman–Crippen LogP) is 7.02. The molecule has 0 amide bonds. The first-order valence-electron chi connectivity index (χ1n) is 10.1. The van der Waals surface area contributed by atoms with E-state index in [9.17, 15) is 0 Å². The van der Waals surface area contributed by atoms with E-state index in [0.717, 1.165) is 33.8 Å². The van der Waals surface area contributed by atoms with Gasteiger partial charge in [0.25, 0.3) is 0 Å². The highest BCUT2D eigenvalue weighted by atomic mass is 16.5. The van der Waals surface area contributed by atoms with Gasteiger partial charge in [0.1, 0.15) is 24.7 Å². The second kappa shape index (κ2) is 10.1. The third kappa shape index (κ3) is 5.86. The number of rotatable bonds is 8. The molecule has 2 heteroatoms. The topological polar surface area (TPSA) is 18.5 Å². The third-order valence-electron chi connectivity index (χ3n) is 4.67. The van der Waals surface area contributed by atoms with Crippen LogP contribution in [0.3, 0.4) is 0 Å². The van der Waals surface area contributed by atoms with Crippen LogP contribution in [0.2, 0.25) is 0 Å². The Kier molecular flexibility index (Phi) is 6.59. The number of benzene rings is 4. The summed E-state index contributed by atoms with van der Waals surface area (Å²) in [7, 11) is 0. The monoisotopic (exact) mass is 392 g/mol. The van der Waals surface area contributed by atoms with Crippen molar-refractivity contribution < 1.29 is 9.47 Å². The van der Waals surface area contributed by atoms with Gasteiger partial charge in [0.15, 0.2) is 0 Å². The Bertz CT molecular complexity index is 1010. The van der Waals surface area contributed by atoms with Crippen LogP contribution in [-0.2, 0) is 13.2 Å². The van der Waals surface area contributed by atoms with Gasteiger partial charge in [-0.2, -0.15) is 0 Å². The standard InChI is InChI=1S/C28H24O2/c1-4-10-23(11-5-1)16-17-26-18-27(29-21-24-12-6-2-7-13-24)20-28(19-26)30-22-25-14-8-3-9-15-25/h1-20H,21-22H2. The zero-order valence-electron chi connectivity index (χ0n) is 16.8. The molecule has 0 aliphatic rings. The number of hydrogen-bond acceptors (Lipinski definition) is 2. The molecule has 4 aromatic carbocycles. The number of hydrogen-bond donors (Lipinski definition) is 0. The van der Waals surface area contributed by atoms with Crippen LogP contribution in [0.4, 0.5) is 0 Å². The predicted molar refractivity (Wildman–Crippen MR) is 123 cm³/mol. The van der Waals surface area contributed by atoms with Crippen molar-refractivity contribution in [3.8, 4) is 11.5 Å². The van der Waals surface area contributed by atoms with Crippen molar-refractivity contribution in [1.29, 1.82) is 0 Å². The van der Waals surface area contributed by atoms with Gasteiger partial charge in [-0.3, -0.25) is 0 Å². The van der Waals surface area contributed by atoms with Gasteiger partial charge in [0.05, 0.1) is 0 Å². The summed E-state index contributed by atoms with van der Waals surface area (Å²) >= 11 is 0. The lowest BCUT2D eigenvalue weighted by molar-refractivity contribution is 0.290. The van der Waals surface area contributed by atoms with E-state index in [-0.39, 0.29) is 0 Å². The summed E-state index contributed by atoms with van der Waals surface area (Å²) in [5.74, 6) is 1.58. The van der Waals surface area contributed by atoms with Crippen molar-refractivity contribution in [2.24, 2.45) is 0 Å². The SMILES string of the molecule is C(=Cc1cc(OCc2ccccc2)cc(OCc2ccccc2)c1)c1ccccc1. The van der Waals surface area contributed by atoms with Crippen molar-refractivity contribution in [1.82, 2.24) is 0 Å². The van der Waals surface area contributed by atoms with Crippen LogP contribution in [0, 0.1) is 0 Å². The van der Waals surface area contributed by atoms with Gasteiger partial charge in [-0.05, 0) is 34.4 Å². The molecule has 0 spiro atoms. The van der Waals surface area contributed by atoms with Crippen LogP contribution >= 0.6 is 0 Å². The lowest BCUT2D eigenvalue weighted by atomic mass is 10.1. The van der Waals surface area contributed by atoms with Crippen LogP contribution in [0.5, 0.6) is 11.5 Å². The van der Waals surface area contributed by atoms with Crippen molar-refractivity contribution >= 4 is 12.2 Å². The van der Waals surface area contributed by atoms with E-state index in [1.165, 1.54) is 0 Å². The molecule has 0 aromatic heterocycles. The summed E-state index contributed by atoms with van der Waals surface area (Å²) in [4.78, 5) is 0. The van der Waals surface area contributed by atoms with E-state index < -0.39 is 0 Å². The van der Waals surface area contributed by atoms with Crippen LogP contribution in [0.25, 0.3) is 12.2 Å². The van der Waals surface area contributed by atoms with Gasteiger partial charge >= 0.3 is 0 Å². The molecule has 0 aliphatic heterocycles. The van der Waals surface area contributed by atoms with E-state index in [4.69, 9.17) is 9.47 Å². The molecule has 4 rings (SSSR count). The van der Waals surface area contributed by atoms with Gasteiger partial charge in [-0.15, -0.1) is 0 Å². The van der Waals surface area contributed by atoms with Gasteiger partial charge in [-0.25, -0.2) is 0 Å². The Morgan fingerprint density at radius 1 is 0.467 bits per heavy atom. The van der Waals surface area contributed by atoms with Gasteiger partial charge < -0.3 is 9.47 Å². The zero-order chi connectivity index (χ0) is 20.4. The molecule has 0 radical (unpaired) electrons. The fourth-order valence-electron chi connectivity index (χ4n) is 3.10. The minimum Gasteiger partial charge on any atom is -0.489 e. The van der Waals surface area contributed by atoms with Gasteiger partial charge in [0, 0.05) is 6.07 Å². The smallest absolute Gasteiger partial charge is 0.124 e. The average Bonchev–Trinajstić information content (AvgIpc) is 2.82. The minimum atomic E-state index is 0.519. The van der Waals surface area contributed by atoms with Gasteiger partial charge in [0.2, 0.25) is 0 Å². The van der Waals surface area contributed by atoms with Crippen molar-refractivity contribution in [2.75, 3.05) is 0 Å². The second-order valence-electron chi connectivity index (χ2n) is 7.03. The molecule has 2 nitrogen and oxygen atoms in total. The fraction of sp³-hybridized carbons (Fsp3) is 0.0714. The highest BCUT2D eigenvalue weighted by Crippen LogP contribution is 2.26. The molecule has 30 heavy (non-hydrogen) atoms. The molecule has 0 N–H and O–H groups in total. The molecule has 0 aliphatic carbocycles. The molecule has 0 heterocycles. The summed E-state index contributed by atoms with van der Waals surface area (Å²) in [6.07, 6.45) is 4.18. The quantitative estimate of drug-likeness (QED) is 0.300. The Balaban J connectivity index is 1.53. The molecule has 0 fully saturated rings. The summed E-state index contributed by atoms with van der Waals surface area (Å²) in [6.45, 7) is 1.04. The highest BCUT2D eigenvalue weighted by Gasteiger charge is 2.04. The largest absolute Gasteiger partial charge is 0.489 e. The van der Waals surface area contributed by atoms with Crippen LogP contribution in [0.15, 0.2) is 109 Å². The van der Waals surface area contributed by atoms with Crippen molar-refractivity contribution in [3.05, 3.63) is 131 Å². The molecule has 0 saturated heterocycles. The maximum Gasteiger partial charge on any atom is 0.124 e. The van der Waals surface area contributed by atoms with Crippen LogP contribution in [-0.4, -0.2) is 0 Å². The van der Waals surface area contributed by atoms with E-state index in [0.29, 0.717) is 13.2 Å². The molecule has 4 aromatic rings. The summed E-state index contributed by atoms with van der Waals surface area (Å²) < 4.78 is 12.1. The Labute approximate surface area is 178 Å². The fourth-order valence-corrected chi connectivity index (χ4v) is 3.10. The van der Waals surface area contributed by atoms with E-state index in [2.05, 4.69) is 48.6 Å². The summed E-state index contributed by atoms with van der Waals surface area (Å²) in [6, 6.07) is 36.6. The average molecular weight is 392 g/mol. The first kappa shape index (κ1) is 19.5. The Hall–Kier alpha value is -3.78. The van der Waals surface area contributed by atoms with Gasteiger partial charge in [-0.1, -0.05) is 103 Å². The van der Waals surface area contributed by atoms with E-state index in [1.54, 1.807) is 0 Å². The molecule has 0 atom stereocenters. The molecule has 0 saturated carbocycles. The molecule has 0 unspecified atom stereocenters. The zero-order valence-corrected chi connectivity index (χ0v) is 16.8. The second-order valence-corrected chi connectivity index (χ2v) is 7.03. The summed E-state index contributed by atoms with van der Waals surface area (Å²) in [5.41, 5.74) is 4.45. The molecular formula is C28H24O2. The van der Waals surface area contributed by atoms with Crippen LogP contribution in [0.1, 0.15) is 22.3 Å². The normalized spacial score (nSPS) is 10.8. The highest BCUT2D eigenvalue weighted by molar-refractivity contribution is 5.71. The minimum absolute atomic E-state index is 0.519.